The van der Waals surface area contributed by atoms with Crippen LogP contribution in [0, 0.1) is 5.21 Å². The normalized spacial score (nSPS) is 20.8. The van der Waals surface area contributed by atoms with Crippen LogP contribution >= 0.6 is 0 Å². The lowest BCUT2D eigenvalue weighted by molar-refractivity contribution is -0.544. The van der Waals surface area contributed by atoms with Crippen LogP contribution in [0.4, 0.5) is 0 Å². The smallest absolute Gasteiger partial charge is 0.271 e. The molecule has 1 aliphatic heterocycles. The van der Waals surface area contributed by atoms with Gasteiger partial charge in [0.25, 0.3) is 6.17 Å². The summed E-state index contributed by atoms with van der Waals surface area (Å²) < 4.78 is 6.22. The summed E-state index contributed by atoms with van der Waals surface area (Å²) in [6, 6.07) is 16.6. The molecule has 2 aromatic carbocycles. The quantitative estimate of drug-likeness (QED) is 0.698. The van der Waals surface area contributed by atoms with Crippen LogP contribution < -0.4 is 4.74 Å². The van der Waals surface area contributed by atoms with Crippen molar-refractivity contribution in [1.82, 2.24) is 5.06 Å². The molecule has 0 spiro atoms. The summed E-state index contributed by atoms with van der Waals surface area (Å²) in [5.74, 6) is 0.572. The molecular weight excluding hydrogens is 292 g/mol. The Bertz CT molecular complexity index is 741. The Morgan fingerprint density at radius 2 is 1.70 bits per heavy atom. The SMILES string of the molecule is COc1ccccc1C1N(O)C(C)(C)C(c2ccccc2)=[N+]1[O-]. The summed E-state index contributed by atoms with van der Waals surface area (Å²) in [5.41, 5.74) is 1.13. The molecule has 0 saturated heterocycles. The fourth-order valence-corrected chi connectivity index (χ4v) is 3.12. The van der Waals surface area contributed by atoms with E-state index in [-0.39, 0.29) is 0 Å². The van der Waals surface area contributed by atoms with Crippen LogP contribution in [0.15, 0.2) is 54.6 Å². The maximum Gasteiger partial charge on any atom is 0.271 e. The molecule has 5 heteroatoms. The second-order valence-electron chi connectivity index (χ2n) is 6.06. The molecule has 0 aliphatic carbocycles. The standard InChI is InChI=1S/C18H20N2O3/c1-18(2)16(13-9-5-4-6-10-13)19(21)17(20(18)22)14-11-7-8-12-15(14)23-3/h4-12,17,22H,1-3H3. The van der Waals surface area contributed by atoms with Crippen molar-refractivity contribution in [2.24, 2.45) is 0 Å². The van der Waals surface area contributed by atoms with Gasteiger partial charge < -0.3 is 15.2 Å². The molecule has 120 valence electrons. The summed E-state index contributed by atoms with van der Waals surface area (Å²) in [5, 5.41) is 24.8. The number of hydrogen-bond donors (Lipinski definition) is 1. The highest BCUT2D eigenvalue weighted by Gasteiger charge is 2.53. The van der Waals surface area contributed by atoms with Gasteiger partial charge in [-0.25, -0.2) is 0 Å². The molecule has 0 aromatic heterocycles. The maximum absolute atomic E-state index is 13.0. The number of para-hydroxylation sites is 1. The number of nitrogens with zero attached hydrogens (tertiary/aromatic N) is 2. The molecule has 1 unspecified atom stereocenters. The maximum atomic E-state index is 13.0. The van der Waals surface area contributed by atoms with E-state index < -0.39 is 11.7 Å². The van der Waals surface area contributed by atoms with Crippen molar-refractivity contribution in [3.05, 3.63) is 70.9 Å². The highest BCUT2D eigenvalue weighted by Crippen LogP contribution is 2.39. The fraction of sp³-hybridized carbons (Fsp3) is 0.278. The van der Waals surface area contributed by atoms with Gasteiger partial charge in [0.1, 0.15) is 11.3 Å². The summed E-state index contributed by atoms with van der Waals surface area (Å²) in [6.07, 6.45) is -0.851. The van der Waals surface area contributed by atoms with Gasteiger partial charge in [-0.1, -0.05) is 30.3 Å². The lowest BCUT2D eigenvalue weighted by Gasteiger charge is -2.26. The summed E-state index contributed by atoms with van der Waals surface area (Å²) in [4.78, 5) is 0. The average Bonchev–Trinajstić information content (AvgIpc) is 2.73. The molecule has 0 fully saturated rings. The Morgan fingerprint density at radius 3 is 2.35 bits per heavy atom. The topological polar surface area (TPSA) is 58.8 Å². The third-order valence-electron chi connectivity index (χ3n) is 4.29. The highest BCUT2D eigenvalue weighted by atomic mass is 16.5. The first-order valence-corrected chi connectivity index (χ1v) is 7.49. The molecule has 5 nitrogen and oxygen atoms in total. The zero-order valence-corrected chi connectivity index (χ0v) is 13.4. The predicted molar refractivity (Wildman–Crippen MR) is 87.6 cm³/mol. The monoisotopic (exact) mass is 312 g/mol. The third-order valence-corrected chi connectivity index (χ3v) is 4.29. The van der Waals surface area contributed by atoms with Crippen molar-refractivity contribution in [2.45, 2.75) is 25.6 Å². The van der Waals surface area contributed by atoms with Gasteiger partial charge in [0, 0.05) is 5.56 Å². The molecule has 23 heavy (non-hydrogen) atoms. The number of methoxy groups -OCH3 is 1. The lowest BCUT2D eigenvalue weighted by Crippen LogP contribution is -2.44. The molecular formula is C18H20N2O3. The fourth-order valence-electron chi connectivity index (χ4n) is 3.12. The summed E-state index contributed by atoms with van der Waals surface area (Å²) in [6.45, 7) is 3.66. The number of ether oxygens (including phenoxy) is 1. The number of hydroxylamine groups is 3. The Labute approximate surface area is 135 Å². The van der Waals surface area contributed by atoms with Crippen molar-refractivity contribution in [2.75, 3.05) is 7.11 Å². The first-order valence-electron chi connectivity index (χ1n) is 7.49. The predicted octanol–water partition coefficient (Wildman–Crippen LogP) is 3.18. The molecule has 3 rings (SSSR count). The van der Waals surface area contributed by atoms with E-state index in [0.29, 0.717) is 17.0 Å². The molecule has 0 bridgehead atoms. The molecule has 1 heterocycles. The molecule has 1 N–H and O–H groups in total. The number of hydrogen-bond acceptors (Lipinski definition) is 4. The van der Waals surface area contributed by atoms with Crippen LogP contribution in [-0.2, 0) is 0 Å². The zero-order valence-electron chi connectivity index (χ0n) is 13.4. The van der Waals surface area contributed by atoms with Crippen LogP contribution in [0.1, 0.15) is 31.1 Å². The minimum Gasteiger partial charge on any atom is -0.622 e. The minimum absolute atomic E-state index is 0.525. The van der Waals surface area contributed by atoms with Gasteiger partial charge in [-0.05, 0) is 38.1 Å². The van der Waals surface area contributed by atoms with E-state index in [0.717, 1.165) is 15.4 Å². The van der Waals surface area contributed by atoms with E-state index in [1.165, 1.54) is 0 Å². The van der Waals surface area contributed by atoms with E-state index in [1.807, 2.05) is 56.3 Å². The van der Waals surface area contributed by atoms with Gasteiger partial charge in [0.05, 0.1) is 12.7 Å². The van der Waals surface area contributed by atoms with Crippen LogP contribution in [0.2, 0.25) is 0 Å². The van der Waals surface area contributed by atoms with Crippen molar-refractivity contribution < 1.29 is 14.7 Å². The Kier molecular flexibility index (Phi) is 3.83. The van der Waals surface area contributed by atoms with E-state index in [1.54, 1.807) is 19.2 Å². The molecule has 0 amide bonds. The van der Waals surface area contributed by atoms with Gasteiger partial charge in [0.2, 0.25) is 5.71 Å². The third kappa shape index (κ3) is 2.38. The van der Waals surface area contributed by atoms with Gasteiger partial charge >= 0.3 is 0 Å². The molecule has 0 radical (unpaired) electrons. The molecule has 2 aromatic rings. The highest BCUT2D eigenvalue weighted by molar-refractivity contribution is 6.04. The minimum atomic E-state index is -0.851. The van der Waals surface area contributed by atoms with E-state index in [9.17, 15) is 10.4 Å². The van der Waals surface area contributed by atoms with Gasteiger partial charge in [-0.3, -0.25) is 0 Å². The van der Waals surface area contributed by atoms with Crippen molar-refractivity contribution in [3.63, 3.8) is 0 Å². The number of benzene rings is 2. The Hall–Kier alpha value is -2.37. The largest absolute Gasteiger partial charge is 0.622 e. The summed E-state index contributed by atoms with van der Waals surface area (Å²) in [7, 11) is 1.55. The molecule has 1 aliphatic rings. The van der Waals surface area contributed by atoms with Gasteiger partial charge in [-0.2, -0.15) is 4.74 Å². The van der Waals surface area contributed by atoms with Crippen molar-refractivity contribution in [1.29, 1.82) is 0 Å². The molecule has 0 saturated carbocycles. The Morgan fingerprint density at radius 1 is 1.09 bits per heavy atom. The first-order chi connectivity index (χ1) is 11.0. The first kappa shape index (κ1) is 15.5. The van der Waals surface area contributed by atoms with Crippen molar-refractivity contribution >= 4 is 5.71 Å². The van der Waals surface area contributed by atoms with Crippen LogP contribution in [-0.4, -0.2) is 33.4 Å². The van der Waals surface area contributed by atoms with Gasteiger partial charge in [-0.15, -0.1) is 5.06 Å². The van der Waals surface area contributed by atoms with Gasteiger partial charge in [0.15, 0.2) is 0 Å². The van der Waals surface area contributed by atoms with Crippen molar-refractivity contribution in [3.8, 4) is 5.75 Å². The summed E-state index contributed by atoms with van der Waals surface area (Å²) >= 11 is 0. The zero-order chi connectivity index (χ0) is 16.6. The van der Waals surface area contributed by atoms with Crippen LogP contribution in [0.25, 0.3) is 0 Å². The van der Waals surface area contributed by atoms with E-state index >= 15 is 0 Å². The van der Waals surface area contributed by atoms with E-state index in [2.05, 4.69) is 0 Å². The number of rotatable bonds is 3. The van der Waals surface area contributed by atoms with Crippen LogP contribution in [0.5, 0.6) is 5.75 Å². The lowest BCUT2D eigenvalue weighted by atomic mass is 9.93. The van der Waals surface area contributed by atoms with E-state index in [4.69, 9.17) is 4.74 Å². The Balaban J connectivity index is 2.18. The second-order valence-corrected chi connectivity index (χ2v) is 6.06. The second kappa shape index (κ2) is 5.68. The van der Waals surface area contributed by atoms with Crippen LogP contribution in [0.3, 0.4) is 0 Å². The molecule has 1 atom stereocenters. The average molecular weight is 312 g/mol.